The summed E-state index contributed by atoms with van der Waals surface area (Å²) in [4.78, 5) is 15.2. The number of halogens is 1. The second-order valence-corrected chi connectivity index (χ2v) is 9.11. The molecule has 1 aromatic heterocycles. The van der Waals surface area contributed by atoms with E-state index in [4.69, 9.17) is 16.3 Å². The fourth-order valence-corrected chi connectivity index (χ4v) is 4.58. The highest BCUT2D eigenvalue weighted by atomic mass is 35.5. The number of nitrogens with zero attached hydrogens (tertiary/aromatic N) is 3. The molecule has 1 aliphatic rings. The molecule has 6 nitrogen and oxygen atoms in total. The summed E-state index contributed by atoms with van der Waals surface area (Å²) in [6.45, 7) is 7.77. The van der Waals surface area contributed by atoms with Crippen LogP contribution in [0.1, 0.15) is 35.4 Å². The van der Waals surface area contributed by atoms with Crippen molar-refractivity contribution in [3.63, 3.8) is 0 Å². The lowest BCUT2D eigenvalue weighted by molar-refractivity contribution is -0.121. The predicted octanol–water partition coefficient (Wildman–Crippen LogP) is 4.79. The number of carbonyl (C=O) groups is 1. The number of rotatable bonds is 6. The van der Waals surface area contributed by atoms with E-state index in [1.165, 1.54) is 5.69 Å². The van der Waals surface area contributed by atoms with Gasteiger partial charge in [0.25, 0.3) is 0 Å². The zero-order valence-electron chi connectivity index (χ0n) is 19.7. The van der Waals surface area contributed by atoms with Crippen LogP contribution in [0.3, 0.4) is 0 Å². The molecule has 4 rings (SSSR count). The summed E-state index contributed by atoms with van der Waals surface area (Å²) < 4.78 is 7.11. The minimum atomic E-state index is 0.0468. The average Bonchev–Trinajstić information content (AvgIpc) is 3.09. The third-order valence-electron chi connectivity index (χ3n) is 6.48. The molecule has 1 fully saturated rings. The number of ether oxygens (including phenoxy) is 1. The number of aromatic nitrogens is 2. The zero-order chi connectivity index (χ0) is 23.5. The van der Waals surface area contributed by atoms with Crippen LogP contribution in [0, 0.1) is 20.8 Å². The van der Waals surface area contributed by atoms with Gasteiger partial charge in [0.2, 0.25) is 5.91 Å². The summed E-state index contributed by atoms with van der Waals surface area (Å²) in [6.07, 6.45) is 2.18. The SMILES string of the molecule is COc1ccc(N2CCC(NC(=O)Cc3c(C)nn(-c4ccc(C)c(Cl)c4)c3C)CC2)cc1. The average molecular weight is 467 g/mol. The first-order valence-corrected chi connectivity index (χ1v) is 11.7. The second kappa shape index (κ2) is 9.87. The molecule has 33 heavy (non-hydrogen) atoms. The highest BCUT2D eigenvalue weighted by Crippen LogP contribution is 2.25. The van der Waals surface area contributed by atoms with Gasteiger partial charge in [0, 0.05) is 41.1 Å². The lowest BCUT2D eigenvalue weighted by Gasteiger charge is -2.34. The minimum absolute atomic E-state index is 0.0468. The van der Waals surface area contributed by atoms with Gasteiger partial charge in [-0.15, -0.1) is 0 Å². The van der Waals surface area contributed by atoms with Crippen LogP contribution in [0.2, 0.25) is 5.02 Å². The normalized spacial score (nSPS) is 14.4. The van der Waals surface area contributed by atoms with Gasteiger partial charge in [-0.1, -0.05) is 17.7 Å². The molecule has 0 saturated carbocycles. The number of methoxy groups -OCH3 is 1. The van der Waals surface area contributed by atoms with Crippen molar-refractivity contribution in [2.45, 2.75) is 46.1 Å². The molecule has 0 spiro atoms. The molecule has 1 saturated heterocycles. The minimum Gasteiger partial charge on any atom is -0.497 e. The first-order valence-electron chi connectivity index (χ1n) is 11.4. The van der Waals surface area contributed by atoms with E-state index in [9.17, 15) is 4.79 Å². The molecule has 2 heterocycles. The first-order chi connectivity index (χ1) is 15.9. The lowest BCUT2D eigenvalue weighted by Crippen LogP contribution is -2.45. The molecule has 1 aliphatic heterocycles. The fourth-order valence-electron chi connectivity index (χ4n) is 4.41. The number of nitrogens with one attached hydrogen (secondary N) is 1. The van der Waals surface area contributed by atoms with E-state index in [2.05, 4.69) is 27.4 Å². The van der Waals surface area contributed by atoms with Gasteiger partial charge in [-0.25, -0.2) is 4.68 Å². The molecule has 3 aromatic rings. The second-order valence-electron chi connectivity index (χ2n) is 8.70. The largest absolute Gasteiger partial charge is 0.497 e. The number of anilines is 1. The first kappa shape index (κ1) is 23.2. The van der Waals surface area contributed by atoms with Gasteiger partial charge < -0.3 is 15.0 Å². The Hall–Kier alpha value is -2.99. The summed E-state index contributed by atoms with van der Waals surface area (Å²) in [6, 6.07) is 14.2. The molecule has 0 aliphatic carbocycles. The molecule has 1 amide bonds. The topological polar surface area (TPSA) is 59.4 Å². The number of benzene rings is 2. The fraction of sp³-hybridized carbons (Fsp3) is 0.385. The summed E-state index contributed by atoms with van der Waals surface area (Å²) in [5.74, 6) is 0.908. The molecule has 0 atom stereocenters. The van der Waals surface area contributed by atoms with Gasteiger partial charge >= 0.3 is 0 Å². The highest BCUT2D eigenvalue weighted by Gasteiger charge is 2.23. The van der Waals surface area contributed by atoms with Crippen LogP contribution in [0.5, 0.6) is 5.75 Å². The molecule has 0 radical (unpaired) electrons. The van der Waals surface area contributed by atoms with E-state index in [1.54, 1.807) is 7.11 Å². The molecular formula is C26H31ClN4O2. The van der Waals surface area contributed by atoms with Crippen molar-refractivity contribution in [2.75, 3.05) is 25.1 Å². The van der Waals surface area contributed by atoms with Gasteiger partial charge in [-0.3, -0.25) is 4.79 Å². The maximum absolute atomic E-state index is 12.9. The van der Waals surface area contributed by atoms with Crippen LogP contribution < -0.4 is 15.0 Å². The van der Waals surface area contributed by atoms with Gasteiger partial charge in [0.1, 0.15) is 5.75 Å². The quantitative estimate of drug-likeness (QED) is 0.567. The molecular weight excluding hydrogens is 436 g/mol. The summed E-state index contributed by atoms with van der Waals surface area (Å²) in [5.41, 5.74) is 5.93. The molecule has 2 aromatic carbocycles. The van der Waals surface area contributed by atoms with Crippen molar-refractivity contribution < 1.29 is 9.53 Å². The van der Waals surface area contributed by atoms with Crippen LogP contribution in [0.25, 0.3) is 5.69 Å². The summed E-state index contributed by atoms with van der Waals surface area (Å²) in [7, 11) is 1.68. The van der Waals surface area contributed by atoms with Crippen molar-refractivity contribution in [1.82, 2.24) is 15.1 Å². The van der Waals surface area contributed by atoms with Gasteiger partial charge in [0.05, 0.1) is 24.9 Å². The van der Waals surface area contributed by atoms with Crippen LogP contribution in [-0.4, -0.2) is 41.9 Å². The monoisotopic (exact) mass is 466 g/mol. The van der Waals surface area contributed by atoms with Crippen LogP contribution in [-0.2, 0) is 11.2 Å². The summed E-state index contributed by atoms with van der Waals surface area (Å²) in [5, 5.41) is 8.61. The van der Waals surface area contributed by atoms with Crippen molar-refractivity contribution in [1.29, 1.82) is 0 Å². The Balaban J connectivity index is 1.35. The van der Waals surface area contributed by atoms with E-state index < -0.39 is 0 Å². The third-order valence-corrected chi connectivity index (χ3v) is 6.88. The van der Waals surface area contributed by atoms with E-state index in [0.717, 1.165) is 59.9 Å². The molecule has 0 bridgehead atoms. The van der Waals surface area contributed by atoms with Crippen LogP contribution in [0.15, 0.2) is 42.5 Å². The van der Waals surface area contributed by atoms with Crippen molar-refractivity contribution in [3.8, 4) is 11.4 Å². The maximum atomic E-state index is 12.9. The number of hydrogen-bond donors (Lipinski definition) is 1. The molecule has 0 unspecified atom stereocenters. The van der Waals surface area contributed by atoms with Gasteiger partial charge in [-0.2, -0.15) is 5.10 Å². The number of piperidine rings is 1. The Morgan fingerprint density at radius 2 is 1.76 bits per heavy atom. The van der Waals surface area contributed by atoms with E-state index >= 15 is 0 Å². The number of aryl methyl sites for hydroxylation is 2. The van der Waals surface area contributed by atoms with Crippen molar-refractivity contribution in [2.24, 2.45) is 0 Å². The Kier molecular flexibility index (Phi) is 6.94. The number of hydrogen-bond acceptors (Lipinski definition) is 4. The van der Waals surface area contributed by atoms with Gasteiger partial charge in [0.15, 0.2) is 0 Å². The molecule has 7 heteroatoms. The predicted molar refractivity (Wildman–Crippen MR) is 133 cm³/mol. The maximum Gasteiger partial charge on any atom is 0.224 e. The smallest absolute Gasteiger partial charge is 0.224 e. The Bertz CT molecular complexity index is 1130. The van der Waals surface area contributed by atoms with Gasteiger partial charge in [-0.05, 0) is 75.6 Å². The molecule has 1 N–H and O–H groups in total. The zero-order valence-corrected chi connectivity index (χ0v) is 20.4. The number of amides is 1. The molecule has 174 valence electrons. The highest BCUT2D eigenvalue weighted by molar-refractivity contribution is 6.31. The van der Waals surface area contributed by atoms with E-state index in [0.29, 0.717) is 11.4 Å². The van der Waals surface area contributed by atoms with Crippen molar-refractivity contribution in [3.05, 3.63) is 70.0 Å². The number of carbonyl (C=O) groups excluding carboxylic acids is 1. The van der Waals surface area contributed by atoms with E-state index in [-0.39, 0.29) is 11.9 Å². The standard InChI is InChI=1S/C26H31ClN4O2/c1-17-5-6-22(15-25(17)27)31-19(3)24(18(2)29-31)16-26(32)28-20-11-13-30(14-12-20)21-7-9-23(33-4)10-8-21/h5-10,15,20H,11-14,16H2,1-4H3,(H,28,32). The Morgan fingerprint density at radius 1 is 1.09 bits per heavy atom. The summed E-state index contributed by atoms with van der Waals surface area (Å²) >= 11 is 6.30. The van der Waals surface area contributed by atoms with Crippen molar-refractivity contribution >= 4 is 23.2 Å². The van der Waals surface area contributed by atoms with Crippen LogP contribution >= 0.6 is 11.6 Å². The third kappa shape index (κ3) is 5.17. The van der Waals surface area contributed by atoms with Crippen LogP contribution in [0.4, 0.5) is 5.69 Å². The Morgan fingerprint density at radius 3 is 2.39 bits per heavy atom. The Labute approximate surface area is 200 Å². The lowest BCUT2D eigenvalue weighted by atomic mass is 10.0. The van der Waals surface area contributed by atoms with E-state index in [1.807, 2.05) is 55.8 Å².